The highest BCUT2D eigenvalue weighted by Crippen LogP contribution is 2.45. The van der Waals surface area contributed by atoms with Gasteiger partial charge in [0.2, 0.25) is 0 Å². The van der Waals surface area contributed by atoms with Crippen molar-refractivity contribution < 1.29 is 26.3 Å². The Morgan fingerprint density at radius 1 is 1.05 bits per heavy atom. The Hall–Kier alpha value is -2.72. The Morgan fingerprint density at radius 3 is 2.44 bits per heavy atom. The number of nitrogens with zero attached hydrogens (tertiary/aromatic N) is 2. The average Bonchev–Trinajstić information content (AvgIpc) is 3.43. The summed E-state index contributed by atoms with van der Waals surface area (Å²) in [6.45, 7) is 2.04. The van der Waals surface area contributed by atoms with Crippen LogP contribution in [0.1, 0.15) is 53.8 Å². The average molecular weight is 551 g/mol. The van der Waals surface area contributed by atoms with Crippen molar-refractivity contribution in [3.05, 3.63) is 63.8 Å². The van der Waals surface area contributed by atoms with E-state index in [1.54, 1.807) is 6.92 Å². The first-order chi connectivity index (χ1) is 18.6. The summed E-state index contributed by atoms with van der Waals surface area (Å²) in [6.07, 6.45) is -1.09. The predicted octanol–water partition coefficient (Wildman–Crippen LogP) is 6.29. The first-order valence-electron chi connectivity index (χ1n) is 13.6. The smallest absolute Gasteiger partial charge is 0.381 e. The van der Waals surface area contributed by atoms with Crippen molar-refractivity contribution in [1.29, 1.82) is 0 Å². The second-order valence-corrected chi connectivity index (χ2v) is 11.3. The summed E-state index contributed by atoms with van der Waals surface area (Å²) in [5, 5.41) is 4.08. The van der Waals surface area contributed by atoms with E-state index in [9.17, 15) is 17.6 Å². The SMILES string of the molecule is C[C@H]1Cc2c([nH]c3cc4c(cc23)CC4)[C@H](c2c(F)cc(NC3CCN(CCCF)C3)cc2F)N1CC(F)(F)F. The van der Waals surface area contributed by atoms with Crippen LogP contribution in [-0.2, 0) is 19.3 Å². The quantitative estimate of drug-likeness (QED) is 0.340. The molecular formula is C29H32F6N4. The number of H-pyrrole nitrogens is 1. The minimum atomic E-state index is -4.54. The molecule has 2 aliphatic heterocycles. The largest absolute Gasteiger partial charge is 0.401 e. The lowest BCUT2D eigenvalue weighted by Gasteiger charge is -2.41. The van der Waals surface area contributed by atoms with Gasteiger partial charge in [-0.1, -0.05) is 0 Å². The molecule has 3 atom stereocenters. The van der Waals surface area contributed by atoms with Crippen molar-refractivity contribution in [2.24, 2.45) is 0 Å². The molecule has 1 aromatic heterocycles. The van der Waals surface area contributed by atoms with Crippen molar-refractivity contribution in [2.45, 2.75) is 63.3 Å². The number of likely N-dealkylation sites (tertiary alicyclic amines) is 1. The molecule has 0 spiro atoms. The summed E-state index contributed by atoms with van der Waals surface area (Å²) < 4.78 is 85.2. The molecule has 1 unspecified atom stereocenters. The highest BCUT2D eigenvalue weighted by atomic mass is 19.4. The number of aromatic nitrogens is 1. The second-order valence-electron chi connectivity index (χ2n) is 11.3. The normalized spacial score (nSPS) is 23.6. The third-order valence-corrected chi connectivity index (χ3v) is 8.56. The molecule has 1 fully saturated rings. The molecule has 2 N–H and O–H groups in total. The maximum atomic E-state index is 15.8. The van der Waals surface area contributed by atoms with Gasteiger partial charge in [0, 0.05) is 59.6 Å². The van der Waals surface area contributed by atoms with E-state index >= 15 is 8.78 Å². The Kier molecular flexibility index (Phi) is 6.82. The van der Waals surface area contributed by atoms with Gasteiger partial charge in [0.25, 0.3) is 0 Å². The third-order valence-electron chi connectivity index (χ3n) is 8.56. The van der Waals surface area contributed by atoms with E-state index in [0.29, 0.717) is 31.6 Å². The summed E-state index contributed by atoms with van der Waals surface area (Å²) in [7, 11) is 0. The summed E-state index contributed by atoms with van der Waals surface area (Å²) in [5.41, 5.74) is 4.33. The fraction of sp³-hybridized carbons (Fsp3) is 0.517. The molecule has 4 nitrogen and oxygen atoms in total. The van der Waals surface area contributed by atoms with Gasteiger partial charge in [-0.3, -0.25) is 9.29 Å². The van der Waals surface area contributed by atoms with E-state index < -0.39 is 43.1 Å². The molecule has 1 aliphatic carbocycles. The lowest BCUT2D eigenvalue weighted by Crippen LogP contribution is -2.47. The van der Waals surface area contributed by atoms with E-state index in [2.05, 4.69) is 21.3 Å². The molecule has 0 amide bonds. The zero-order chi connectivity index (χ0) is 27.5. The van der Waals surface area contributed by atoms with Crippen LogP contribution in [0.4, 0.5) is 32.0 Å². The number of alkyl halides is 4. The van der Waals surface area contributed by atoms with Crippen molar-refractivity contribution in [2.75, 3.05) is 38.2 Å². The van der Waals surface area contributed by atoms with Crippen molar-refractivity contribution in [3.63, 3.8) is 0 Å². The lowest BCUT2D eigenvalue weighted by molar-refractivity contribution is -0.155. The van der Waals surface area contributed by atoms with Gasteiger partial charge in [-0.25, -0.2) is 8.78 Å². The van der Waals surface area contributed by atoms with E-state index in [1.807, 2.05) is 6.07 Å². The molecular weight excluding hydrogens is 518 g/mol. The number of aryl methyl sites for hydroxylation is 2. The highest BCUT2D eigenvalue weighted by molar-refractivity contribution is 5.87. The summed E-state index contributed by atoms with van der Waals surface area (Å²) in [4.78, 5) is 6.52. The number of nitrogens with one attached hydrogen (secondary N) is 2. The van der Waals surface area contributed by atoms with Gasteiger partial charge in [-0.15, -0.1) is 0 Å². The molecule has 3 heterocycles. The Bertz CT molecular complexity index is 1360. The number of rotatable bonds is 7. The first kappa shape index (κ1) is 26.5. The van der Waals surface area contributed by atoms with Crippen molar-refractivity contribution in [1.82, 2.24) is 14.8 Å². The maximum Gasteiger partial charge on any atom is 0.401 e. The molecule has 6 rings (SSSR count). The van der Waals surface area contributed by atoms with Crippen molar-refractivity contribution >= 4 is 16.6 Å². The van der Waals surface area contributed by atoms with E-state index in [-0.39, 0.29) is 17.3 Å². The molecule has 3 aromatic rings. The number of hydrogen-bond acceptors (Lipinski definition) is 3. The predicted molar refractivity (Wildman–Crippen MR) is 139 cm³/mol. The zero-order valence-corrected chi connectivity index (χ0v) is 21.8. The van der Waals surface area contributed by atoms with Crippen LogP contribution in [0.2, 0.25) is 0 Å². The van der Waals surface area contributed by atoms with Gasteiger partial charge in [-0.2, -0.15) is 13.2 Å². The first-order valence-corrected chi connectivity index (χ1v) is 13.6. The number of anilines is 1. The summed E-state index contributed by atoms with van der Waals surface area (Å²) >= 11 is 0. The Labute approximate surface area is 223 Å². The van der Waals surface area contributed by atoms with Gasteiger partial charge in [0.05, 0.1) is 19.3 Å². The van der Waals surface area contributed by atoms with Gasteiger partial charge in [-0.05, 0) is 80.0 Å². The fourth-order valence-corrected chi connectivity index (χ4v) is 6.62. The number of hydrogen-bond donors (Lipinski definition) is 2. The summed E-state index contributed by atoms with van der Waals surface area (Å²) in [5.74, 6) is -1.77. The van der Waals surface area contributed by atoms with Crippen LogP contribution in [0.15, 0.2) is 24.3 Å². The second kappa shape index (κ2) is 10.0. The molecule has 10 heteroatoms. The van der Waals surface area contributed by atoms with Crippen LogP contribution in [0.25, 0.3) is 10.9 Å². The molecule has 1 saturated heterocycles. The molecule has 39 heavy (non-hydrogen) atoms. The maximum absolute atomic E-state index is 15.8. The monoisotopic (exact) mass is 550 g/mol. The Balaban J connectivity index is 1.37. The van der Waals surface area contributed by atoms with Crippen LogP contribution < -0.4 is 5.32 Å². The number of benzene rings is 2. The van der Waals surface area contributed by atoms with E-state index in [4.69, 9.17) is 0 Å². The molecule has 0 radical (unpaired) electrons. The van der Waals surface area contributed by atoms with E-state index in [0.717, 1.165) is 47.2 Å². The molecule has 2 aromatic carbocycles. The number of aromatic amines is 1. The molecule has 0 saturated carbocycles. The standard InChI is InChI=1S/C29H32F6N4/c1-16-9-22-21-10-17-3-4-18(17)11-25(21)37-27(22)28(39(16)15-29(33,34)35)26-23(31)12-20(13-24(26)32)36-19-5-8-38(14-19)7-2-6-30/h10-13,16,19,28,36-37H,2-9,14-15H2,1H3/t16-,19?,28-/m0/s1. The molecule has 0 bridgehead atoms. The van der Waals surface area contributed by atoms with Gasteiger partial charge >= 0.3 is 6.18 Å². The number of halogens is 6. The fourth-order valence-electron chi connectivity index (χ4n) is 6.62. The molecule has 210 valence electrons. The minimum absolute atomic E-state index is 0.0520. The van der Waals surface area contributed by atoms with Gasteiger partial charge in [0.1, 0.15) is 11.6 Å². The van der Waals surface area contributed by atoms with Crippen molar-refractivity contribution in [3.8, 4) is 0 Å². The topological polar surface area (TPSA) is 34.3 Å². The van der Waals surface area contributed by atoms with E-state index in [1.165, 1.54) is 23.3 Å². The van der Waals surface area contributed by atoms with Crippen LogP contribution in [0, 0.1) is 11.6 Å². The molecule has 3 aliphatic rings. The third kappa shape index (κ3) is 5.01. The minimum Gasteiger partial charge on any atom is -0.381 e. The zero-order valence-electron chi connectivity index (χ0n) is 21.8. The summed E-state index contributed by atoms with van der Waals surface area (Å²) in [6, 6.07) is 4.57. The van der Waals surface area contributed by atoms with Crippen LogP contribution in [-0.4, -0.2) is 65.9 Å². The lowest BCUT2D eigenvalue weighted by atomic mass is 9.84. The number of fused-ring (bicyclic) bond motifs is 4. The Morgan fingerprint density at radius 2 is 1.77 bits per heavy atom. The van der Waals surface area contributed by atoms with Gasteiger partial charge in [0.15, 0.2) is 0 Å². The highest BCUT2D eigenvalue weighted by Gasteiger charge is 2.44. The van der Waals surface area contributed by atoms with Crippen LogP contribution in [0.5, 0.6) is 0 Å². The van der Waals surface area contributed by atoms with Crippen LogP contribution in [0.3, 0.4) is 0 Å². The van der Waals surface area contributed by atoms with Gasteiger partial charge < -0.3 is 15.2 Å². The van der Waals surface area contributed by atoms with Crippen LogP contribution >= 0.6 is 0 Å².